The molecule has 1 heterocycles. The summed E-state index contributed by atoms with van der Waals surface area (Å²) in [4.78, 5) is 15.9. The molecule has 0 aliphatic rings. The highest BCUT2D eigenvalue weighted by Gasteiger charge is 2.13. The van der Waals surface area contributed by atoms with Crippen molar-refractivity contribution >= 4 is 35.8 Å². The van der Waals surface area contributed by atoms with Crippen LogP contribution >= 0.6 is 24.0 Å². The molecular weight excluding hydrogens is 435 g/mol. The minimum atomic E-state index is -0.221. The van der Waals surface area contributed by atoms with Crippen molar-refractivity contribution in [3.8, 4) is 0 Å². The first-order chi connectivity index (χ1) is 11.6. The molecule has 1 amide bonds. The second-order valence-electron chi connectivity index (χ2n) is 5.69. The van der Waals surface area contributed by atoms with Gasteiger partial charge in [0.05, 0.1) is 12.4 Å². The van der Waals surface area contributed by atoms with Crippen LogP contribution in [0.1, 0.15) is 37.7 Å². The Morgan fingerprint density at radius 2 is 1.92 bits per heavy atom. The molecule has 0 saturated carbocycles. The molecule has 25 heavy (non-hydrogen) atoms. The molecule has 0 radical (unpaired) electrons. The fraction of sp³-hybridized carbons (Fsp3) is 0.647. The molecule has 1 atom stereocenters. The first kappa shape index (κ1) is 23.7. The lowest BCUT2D eigenvalue weighted by Crippen LogP contribution is -2.42. The van der Waals surface area contributed by atoms with Gasteiger partial charge in [-0.15, -0.1) is 24.0 Å². The third-order valence-corrected chi connectivity index (χ3v) is 3.52. The average Bonchev–Trinajstić information content (AvgIpc) is 3.10. The van der Waals surface area contributed by atoms with Crippen molar-refractivity contribution in [3.05, 3.63) is 24.2 Å². The van der Waals surface area contributed by atoms with E-state index in [-0.39, 0.29) is 36.0 Å². The van der Waals surface area contributed by atoms with Gasteiger partial charge in [0.25, 0.3) is 5.91 Å². The van der Waals surface area contributed by atoms with E-state index in [1.807, 2.05) is 6.92 Å². The number of nitrogens with one attached hydrogen (secondary N) is 3. The Hall–Kier alpha value is -1.29. The topological polar surface area (TPSA) is 87.9 Å². The average molecular weight is 466 g/mol. The summed E-state index contributed by atoms with van der Waals surface area (Å²) in [5.41, 5.74) is 0. The molecule has 0 spiro atoms. The summed E-state index contributed by atoms with van der Waals surface area (Å²) in [6.07, 6.45) is 2.64. The number of rotatable bonds is 10. The largest absolute Gasteiger partial charge is 0.459 e. The molecule has 7 nitrogen and oxygen atoms in total. The van der Waals surface area contributed by atoms with Gasteiger partial charge in [0.2, 0.25) is 0 Å². The zero-order chi connectivity index (χ0) is 17.8. The summed E-state index contributed by atoms with van der Waals surface area (Å²) >= 11 is 0. The van der Waals surface area contributed by atoms with Gasteiger partial charge in [-0.25, -0.2) is 0 Å². The number of hydrogen-bond acceptors (Lipinski definition) is 4. The normalized spacial score (nSPS) is 12.4. The van der Waals surface area contributed by atoms with Crippen LogP contribution in [0, 0.1) is 5.92 Å². The van der Waals surface area contributed by atoms with Crippen LogP contribution < -0.4 is 16.0 Å². The Morgan fingerprint density at radius 1 is 1.24 bits per heavy atom. The molecule has 0 aliphatic heterocycles. The van der Waals surface area contributed by atoms with Gasteiger partial charge < -0.3 is 25.1 Å². The highest BCUT2D eigenvalue weighted by Crippen LogP contribution is 2.09. The molecule has 0 fully saturated rings. The molecule has 0 saturated heterocycles. The van der Waals surface area contributed by atoms with Gasteiger partial charge in [0.15, 0.2) is 11.7 Å². The summed E-state index contributed by atoms with van der Waals surface area (Å²) < 4.78 is 10.8. The van der Waals surface area contributed by atoms with E-state index >= 15 is 0 Å². The van der Waals surface area contributed by atoms with Crippen molar-refractivity contribution in [1.29, 1.82) is 0 Å². The zero-order valence-corrected chi connectivity index (χ0v) is 17.8. The molecule has 3 N–H and O–H groups in total. The number of aliphatic imine (C=N–C) groups is 1. The molecule has 1 rings (SSSR count). The Balaban J connectivity index is 0.00000576. The Kier molecular flexibility index (Phi) is 13.2. The molecule has 0 aliphatic carbocycles. The van der Waals surface area contributed by atoms with Gasteiger partial charge in [-0.2, -0.15) is 0 Å². The number of nitrogens with zero attached hydrogens (tertiary/aromatic N) is 1. The predicted octanol–water partition coefficient (Wildman–Crippen LogP) is 2.24. The Morgan fingerprint density at radius 3 is 2.48 bits per heavy atom. The summed E-state index contributed by atoms with van der Waals surface area (Å²) in [6.45, 7) is 8.90. The van der Waals surface area contributed by atoms with Crippen LogP contribution in [-0.4, -0.2) is 51.3 Å². The number of hydrogen-bond donors (Lipinski definition) is 3. The van der Waals surface area contributed by atoms with Crippen LogP contribution in [0.2, 0.25) is 0 Å². The number of carbonyl (C=O) groups excluding carboxylic acids is 1. The number of amides is 1. The fourth-order valence-electron chi connectivity index (χ4n) is 2.23. The fourth-order valence-corrected chi connectivity index (χ4v) is 2.23. The first-order valence-corrected chi connectivity index (χ1v) is 8.46. The lowest BCUT2D eigenvalue weighted by atomic mass is 10.0. The summed E-state index contributed by atoms with van der Waals surface area (Å²) in [5.74, 6) is 1.29. The molecule has 1 unspecified atom stereocenters. The lowest BCUT2D eigenvalue weighted by molar-refractivity contribution is 0.0258. The van der Waals surface area contributed by atoms with Gasteiger partial charge in [0.1, 0.15) is 0 Å². The van der Waals surface area contributed by atoms with Crippen molar-refractivity contribution in [1.82, 2.24) is 16.0 Å². The Labute approximate surface area is 167 Å². The van der Waals surface area contributed by atoms with E-state index in [2.05, 4.69) is 34.8 Å². The van der Waals surface area contributed by atoms with Gasteiger partial charge >= 0.3 is 0 Å². The molecular formula is C17H31IN4O3. The summed E-state index contributed by atoms with van der Waals surface area (Å²) in [6, 6.07) is 3.32. The van der Waals surface area contributed by atoms with Crippen molar-refractivity contribution in [3.63, 3.8) is 0 Å². The van der Waals surface area contributed by atoms with E-state index in [9.17, 15) is 4.79 Å². The van der Waals surface area contributed by atoms with Crippen LogP contribution in [0.15, 0.2) is 27.8 Å². The lowest BCUT2D eigenvalue weighted by Gasteiger charge is -2.21. The quantitative estimate of drug-likeness (QED) is 0.213. The number of furan rings is 1. The Bertz CT molecular complexity index is 492. The van der Waals surface area contributed by atoms with Crippen molar-refractivity contribution in [2.75, 3.05) is 33.3 Å². The van der Waals surface area contributed by atoms with Crippen LogP contribution in [-0.2, 0) is 4.74 Å². The maximum atomic E-state index is 11.7. The second-order valence-corrected chi connectivity index (χ2v) is 5.69. The molecule has 1 aromatic heterocycles. The van der Waals surface area contributed by atoms with Gasteiger partial charge in [-0.1, -0.05) is 13.8 Å². The monoisotopic (exact) mass is 466 g/mol. The number of ether oxygens (including phenoxy) is 1. The van der Waals surface area contributed by atoms with E-state index < -0.39 is 0 Å². The smallest absolute Gasteiger partial charge is 0.287 e. The van der Waals surface area contributed by atoms with Gasteiger partial charge in [-0.05, 0) is 31.4 Å². The van der Waals surface area contributed by atoms with Crippen LogP contribution in [0.5, 0.6) is 0 Å². The van der Waals surface area contributed by atoms with E-state index in [4.69, 9.17) is 9.15 Å². The molecule has 144 valence electrons. The third kappa shape index (κ3) is 9.69. The standard InChI is InChI=1S/C17H30N4O3.HI/c1-5-23-14(13(2)3)8-9-20-17(18-4)21-11-10-19-16(22)15-7-6-12-24-15;/h6-7,12-14H,5,8-11H2,1-4H3,(H,19,22)(H2,18,20,21);1H. The van der Waals surface area contributed by atoms with Crippen LogP contribution in [0.25, 0.3) is 0 Å². The van der Waals surface area contributed by atoms with Gasteiger partial charge in [0, 0.05) is 33.3 Å². The molecule has 8 heteroatoms. The summed E-state index contributed by atoms with van der Waals surface area (Å²) in [7, 11) is 1.72. The summed E-state index contributed by atoms with van der Waals surface area (Å²) in [5, 5.41) is 9.19. The van der Waals surface area contributed by atoms with E-state index in [1.165, 1.54) is 6.26 Å². The van der Waals surface area contributed by atoms with Crippen molar-refractivity contribution in [2.45, 2.75) is 33.3 Å². The maximum absolute atomic E-state index is 11.7. The number of guanidine groups is 1. The molecule has 0 bridgehead atoms. The zero-order valence-electron chi connectivity index (χ0n) is 15.5. The highest BCUT2D eigenvalue weighted by atomic mass is 127. The van der Waals surface area contributed by atoms with E-state index in [0.29, 0.717) is 30.7 Å². The predicted molar refractivity (Wildman–Crippen MR) is 111 cm³/mol. The van der Waals surface area contributed by atoms with Crippen molar-refractivity contribution in [2.24, 2.45) is 10.9 Å². The first-order valence-electron chi connectivity index (χ1n) is 8.46. The van der Waals surface area contributed by atoms with E-state index in [1.54, 1.807) is 19.2 Å². The van der Waals surface area contributed by atoms with E-state index in [0.717, 1.165) is 19.6 Å². The maximum Gasteiger partial charge on any atom is 0.287 e. The van der Waals surface area contributed by atoms with Crippen LogP contribution in [0.3, 0.4) is 0 Å². The molecule has 0 aromatic carbocycles. The van der Waals surface area contributed by atoms with Gasteiger partial charge in [-0.3, -0.25) is 9.79 Å². The second kappa shape index (κ2) is 13.9. The minimum absolute atomic E-state index is 0. The SMILES string of the molecule is CCOC(CCNC(=NC)NCCNC(=O)c1ccco1)C(C)C.I. The van der Waals surface area contributed by atoms with Crippen LogP contribution in [0.4, 0.5) is 0 Å². The molecule has 1 aromatic rings. The number of halogens is 1. The van der Waals surface area contributed by atoms with Crippen molar-refractivity contribution < 1.29 is 13.9 Å². The highest BCUT2D eigenvalue weighted by molar-refractivity contribution is 14.0. The third-order valence-electron chi connectivity index (χ3n) is 3.52. The minimum Gasteiger partial charge on any atom is -0.459 e. The number of carbonyl (C=O) groups is 1.